The Hall–Kier alpha value is -1.69. The maximum atomic E-state index is 13.4. The Morgan fingerprint density at radius 3 is 2.78 bits per heavy atom. The zero-order valence-corrected chi connectivity index (χ0v) is 10.8. The zero-order chi connectivity index (χ0) is 13.7. The summed E-state index contributed by atoms with van der Waals surface area (Å²) in [6, 6.07) is 2.33. The first-order valence-corrected chi connectivity index (χ1v) is 6.15. The molecule has 0 bridgehead atoms. The van der Waals surface area contributed by atoms with Crippen LogP contribution in [0, 0.1) is 22.9 Å². The fourth-order valence-corrected chi connectivity index (χ4v) is 1.77. The van der Waals surface area contributed by atoms with E-state index in [0.717, 1.165) is 17.8 Å². The third kappa shape index (κ3) is 3.96. The molecule has 0 spiro atoms. The molecule has 6 heteroatoms. The van der Waals surface area contributed by atoms with Crippen LogP contribution < -0.4 is 0 Å². The Bertz CT molecular complexity index is 514. The molecule has 1 rings (SSSR count). The van der Waals surface area contributed by atoms with Gasteiger partial charge in [-0.15, -0.1) is 0 Å². The molecule has 1 aromatic carbocycles. The van der Waals surface area contributed by atoms with Crippen LogP contribution in [0.15, 0.2) is 18.2 Å². The summed E-state index contributed by atoms with van der Waals surface area (Å²) in [5.74, 6) is -0.364. The van der Waals surface area contributed by atoms with E-state index in [4.69, 9.17) is 0 Å². The molecule has 0 atom stereocenters. The molecule has 0 radical (unpaired) electrons. The summed E-state index contributed by atoms with van der Waals surface area (Å²) < 4.78 is 13.4. The lowest BCUT2D eigenvalue weighted by atomic mass is 10.1. The molecule has 0 amide bonds. The van der Waals surface area contributed by atoms with Gasteiger partial charge in [-0.25, -0.2) is 0 Å². The zero-order valence-electron chi connectivity index (χ0n) is 9.97. The predicted octanol–water partition coefficient (Wildman–Crippen LogP) is 3.34. The number of thioether (sulfide) groups is 1. The minimum absolute atomic E-state index is 0.00579. The van der Waals surface area contributed by atoms with E-state index in [9.17, 15) is 19.3 Å². The average molecular weight is 269 g/mol. The van der Waals surface area contributed by atoms with Crippen LogP contribution in [0.4, 0.5) is 10.1 Å². The number of benzene rings is 1. The number of hydrogen-bond acceptors (Lipinski definition) is 4. The van der Waals surface area contributed by atoms with Crippen molar-refractivity contribution in [3.05, 3.63) is 45.3 Å². The summed E-state index contributed by atoms with van der Waals surface area (Å²) in [4.78, 5) is 20.5. The predicted molar refractivity (Wildman–Crippen MR) is 70.0 cm³/mol. The van der Waals surface area contributed by atoms with Gasteiger partial charge in [0.05, 0.1) is 4.92 Å². The van der Waals surface area contributed by atoms with E-state index >= 15 is 0 Å². The number of halogens is 1. The number of carbonyl (C=O) groups is 1. The van der Waals surface area contributed by atoms with Gasteiger partial charge in [-0.2, -0.15) is 4.39 Å². The number of hydrogen-bond donors (Lipinski definition) is 0. The van der Waals surface area contributed by atoms with Crippen molar-refractivity contribution in [3.8, 4) is 0 Å². The first-order chi connectivity index (χ1) is 8.41. The van der Waals surface area contributed by atoms with Gasteiger partial charge in [-0.1, -0.05) is 23.9 Å². The Morgan fingerprint density at radius 1 is 1.56 bits per heavy atom. The second kappa shape index (κ2) is 6.30. The molecular formula is C12H12FNO3S. The van der Waals surface area contributed by atoms with Gasteiger partial charge < -0.3 is 0 Å². The van der Waals surface area contributed by atoms with Crippen LogP contribution in [0.1, 0.15) is 18.1 Å². The lowest BCUT2D eigenvalue weighted by molar-refractivity contribution is -0.387. The largest absolute Gasteiger partial charge is 0.305 e. The molecule has 0 fully saturated rings. The first kappa shape index (κ1) is 14.4. The molecule has 0 aliphatic carbocycles. The van der Waals surface area contributed by atoms with Crippen molar-refractivity contribution in [3.63, 3.8) is 0 Å². The number of nitro groups is 1. The van der Waals surface area contributed by atoms with Crippen molar-refractivity contribution in [1.82, 2.24) is 0 Å². The monoisotopic (exact) mass is 269 g/mol. The van der Waals surface area contributed by atoms with Gasteiger partial charge in [0.2, 0.25) is 5.82 Å². The van der Waals surface area contributed by atoms with E-state index in [1.54, 1.807) is 19.1 Å². The van der Waals surface area contributed by atoms with Crippen molar-refractivity contribution >= 4 is 28.6 Å². The van der Waals surface area contributed by atoms with Crippen molar-refractivity contribution in [2.75, 3.05) is 5.75 Å². The molecular weight excluding hydrogens is 257 g/mol. The third-order valence-corrected chi connectivity index (χ3v) is 2.98. The molecule has 4 nitrogen and oxygen atoms in total. The van der Waals surface area contributed by atoms with Gasteiger partial charge >= 0.3 is 5.69 Å². The summed E-state index contributed by atoms with van der Waals surface area (Å²) in [6.45, 7) is 3.14. The van der Waals surface area contributed by atoms with E-state index in [0.29, 0.717) is 16.9 Å². The Morgan fingerprint density at radius 2 is 2.22 bits per heavy atom. The third-order valence-electron chi connectivity index (χ3n) is 2.21. The molecule has 0 saturated carbocycles. The van der Waals surface area contributed by atoms with E-state index < -0.39 is 16.4 Å². The van der Waals surface area contributed by atoms with Crippen LogP contribution in [0.25, 0.3) is 6.08 Å². The second-order valence-corrected chi connectivity index (χ2v) is 4.82. The van der Waals surface area contributed by atoms with Gasteiger partial charge in [-0.05, 0) is 24.1 Å². The van der Waals surface area contributed by atoms with Gasteiger partial charge in [0.1, 0.15) is 0 Å². The molecule has 0 unspecified atom stereocenters. The van der Waals surface area contributed by atoms with Crippen LogP contribution in [-0.4, -0.2) is 15.8 Å². The minimum atomic E-state index is -0.857. The molecule has 0 aromatic heterocycles. The Labute approximate surface area is 108 Å². The van der Waals surface area contributed by atoms with Gasteiger partial charge in [-0.3, -0.25) is 14.9 Å². The quantitative estimate of drug-likeness (QED) is 0.621. The SMILES string of the molecule is CC(=O)SCC=Cc1cc(F)c([N+](=O)[O-])cc1C. The van der Waals surface area contributed by atoms with Crippen LogP contribution in [0.5, 0.6) is 0 Å². The highest BCUT2D eigenvalue weighted by Crippen LogP contribution is 2.22. The Kier molecular flexibility index (Phi) is 5.03. The number of nitro benzene ring substituents is 1. The molecule has 0 aliphatic rings. The van der Waals surface area contributed by atoms with Crippen LogP contribution in [0.3, 0.4) is 0 Å². The lowest BCUT2D eigenvalue weighted by Crippen LogP contribution is -1.95. The molecule has 0 heterocycles. The van der Waals surface area contributed by atoms with Crippen molar-refractivity contribution in [2.24, 2.45) is 0 Å². The number of rotatable bonds is 4. The molecule has 1 aromatic rings. The highest BCUT2D eigenvalue weighted by atomic mass is 32.2. The topological polar surface area (TPSA) is 60.2 Å². The fourth-order valence-electron chi connectivity index (χ4n) is 1.34. The van der Waals surface area contributed by atoms with Gasteiger partial charge in [0, 0.05) is 18.7 Å². The smallest absolute Gasteiger partial charge is 0.288 e. The van der Waals surface area contributed by atoms with Crippen LogP contribution >= 0.6 is 11.8 Å². The number of nitrogens with zero attached hydrogens (tertiary/aromatic N) is 1. The van der Waals surface area contributed by atoms with E-state index in [2.05, 4.69) is 0 Å². The van der Waals surface area contributed by atoms with E-state index in [1.165, 1.54) is 13.0 Å². The summed E-state index contributed by atoms with van der Waals surface area (Å²) in [6.07, 6.45) is 3.37. The summed E-state index contributed by atoms with van der Waals surface area (Å²) in [7, 11) is 0. The lowest BCUT2D eigenvalue weighted by Gasteiger charge is -2.01. The summed E-state index contributed by atoms with van der Waals surface area (Å²) in [5.41, 5.74) is 0.664. The maximum Gasteiger partial charge on any atom is 0.305 e. The average Bonchev–Trinajstić information content (AvgIpc) is 2.27. The minimum Gasteiger partial charge on any atom is -0.288 e. The molecule has 0 N–H and O–H groups in total. The molecule has 18 heavy (non-hydrogen) atoms. The first-order valence-electron chi connectivity index (χ1n) is 5.16. The number of aryl methyl sites for hydroxylation is 1. The fraction of sp³-hybridized carbons (Fsp3) is 0.250. The van der Waals surface area contributed by atoms with Crippen molar-refractivity contribution in [1.29, 1.82) is 0 Å². The Balaban J connectivity index is 2.88. The molecule has 0 saturated heterocycles. The highest BCUT2D eigenvalue weighted by molar-refractivity contribution is 8.13. The normalized spacial score (nSPS) is 10.8. The van der Waals surface area contributed by atoms with Gasteiger partial charge in [0.25, 0.3) is 0 Å². The highest BCUT2D eigenvalue weighted by Gasteiger charge is 2.15. The molecule has 0 aliphatic heterocycles. The van der Waals surface area contributed by atoms with Crippen molar-refractivity contribution in [2.45, 2.75) is 13.8 Å². The van der Waals surface area contributed by atoms with E-state index in [-0.39, 0.29) is 5.12 Å². The standard InChI is InChI=1S/C12H12FNO3S/c1-8-6-12(14(16)17)11(13)7-10(8)4-3-5-18-9(2)15/h3-4,6-7H,5H2,1-2H3. The van der Waals surface area contributed by atoms with Crippen LogP contribution in [-0.2, 0) is 4.79 Å². The van der Waals surface area contributed by atoms with Crippen LogP contribution in [0.2, 0.25) is 0 Å². The number of carbonyl (C=O) groups excluding carboxylic acids is 1. The summed E-state index contributed by atoms with van der Waals surface area (Å²) in [5, 5.41) is 10.5. The summed E-state index contributed by atoms with van der Waals surface area (Å²) >= 11 is 1.14. The van der Waals surface area contributed by atoms with Gasteiger partial charge in [0.15, 0.2) is 5.12 Å². The van der Waals surface area contributed by atoms with E-state index in [1.807, 2.05) is 0 Å². The maximum absolute atomic E-state index is 13.4. The second-order valence-electron chi connectivity index (χ2n) is 3.62. The van der Waals surface area contributed by atoms with Crippen molar-refractivity contribution < 1.29 is 14.1 Å². The molecule has 96 valence electrons.